The molecule has 0 saturated heterocycles. The maximum atomic E-state index is 13.2. The highest BCUT2D eigenvalue weighted by Crippen LogP contribution is 2.27. The zero-order valence-electron chi connectivity index (χ0n) is 13.5. The number of nitrogens with zero attached hydrogens (tertiary/aromatic N) is 3. The van der Waals surface area contributed by atoms with Gasteiger partial charge in [-0.15, -0.1) is 0 Å². The molecule has 0 aliphatic heterocycles. The Labute approximate surface area is 157 Å². The summed E-state index contributed by atoms with van der Waals surface area (Å²) in [5, 5.41) is 7.87. The first-order valence-electron chi connectivity index (χ1n) is 7.70. The van der Waals surface area contributed by atoms with Crippen molar-refractivity contribution in [1.29, 1.82) is 0 Å². The lowest BCUT2D eigenvalue weighted by Gasteiger charge is -2.07. The van der Waals surface area contributed by atoms with E-state index in [0.29, 0.717) is 10.9 Å². The molecule has 0 aliphatic carbocycles. The van der Waals surface area contributed by atoms with Crippen molar-refractivity contribution in [3.05, 3.63) is 70.6 Å². The lowest BCUT2D eigenvalue weighted by Crippen LogP contribution is -2.15. The predicted octanol–water partition coefficient (Wildman–Crippen LogP) is 4.84. The molecule has 26 heavy (non-hydrogen) atoms. The van der Waals surface area contributed by atoms with Crippen LogP contribution in [0, 0.1) is 12.7 Å². The first-order valence-corrected chi connectivity index (χ1v) is 8.90. The van der Waals surface area contributed by atoms with E-state index in [2.05, 4.69) is 15.4 Å². The van der Waals surface area contributed by atoms with Gasteiger partial charge in [-0.2, -0.15) is 9.78 Å². The predicted molar refractivity (Wildman–Crippen MR) is 101 cm³/mol. The number of benzene rings is 2. The van der Waals surface area contributed by atoms with Crippen molar-refractivity contribution in [3.8, 4) is 5.13 Å². The van der Waals surface area contributed by atoms with E-state index in [9.17, 15) is 9.18 Å². The van der Waals surface area contributed by atoms with E-state index in [-0.39, 0.29) is 10.6 Å². The van der Waals surface area contributed by atoms with Gasteiger partial charge in [0.25, 0.3) is 5.91 Å². The Bertz CT molecular complexity index is 1100. The summed E-state index contributed by atoms with van der Waals surface area (Å²) in [6.07, 6.45) is 0. The van der Waals surface area contributed by atoms with Crippen molar-refractivity contribution >= 4 is 44.9 Å². The SMILES string of the molecule is Cc1cc(NC(=O)c2ccc(F)cc2Cl)n(-c2nc3ccccc3s2)n1. The number of amides is 1. The molecular weight excluding hydrogens is 375 g/mol. The van der Waals surface area contributed by atoms with Crippen LogP contribution in [0.4, 0.5) is 10.2 Å². The number of anilines is 1. The molecule has 0 fully saturated rings. The number of hydrogen-bond donors (Lipinski definition) is 1. The molecular formula is C18H12ClFN4OS. The van der Waals surface area contributed by atoms with Gasteiger partial charge in [-0.05, 0) is 37.3 Å². The van der Waals surface area contributed by atoms with Crippen LogP contribution < -0.4 is 5.32 Å². The number of aryl methyl sites for hydroxylation is 1. The van der Waals surface area contributed by atoms with Crippen LogP contribution in [0.1, 0.15) is 16.1 Å². The van der Waals surface area contributed by atoms with Crippen LogP contribution in [0.5, 0.6) is 0 Å². The van der Waals surface area contributed by atoms with Gasteiger partial charge in [0, 0.05) is 6.07 Å². The average molecular weight is 387 g/mol. The molecule has 8 heteroatoms. The number of aromatic nitrogens is 3. The Kier molecular flexibility index (Phi) is 4.18. The Balaban J connectivity index is 1.70. The highest BCUT2D eigenvalue weighted by Gasteiger charge is 2.17. The summed E-state index contributed by atoms with van der Waals surface area (Å²) in [6, 6.07) is 13.1. The van der Waals surface area contributed by atoms with Crippen molar-refractivity contribution in [1.82, 2.24) is 14.8 Å². The van der Waals surface area contributed by atoms with E-state index in [1.165, 1.54) is 23.5 Å². The van der Waals surface area contributed by atoms with Gasteiger partial charge in [-0.3, -0.25) is 4.79 Å². The molecule has 2 aromatic carbocycles. The van der Waals surface area contributed by atoms with Crippen molar-refractivity contribution in [3.63, 3.8) is 0 Å². The second kappa shape index (κ2) is 6.51. The van der Waals surface area contributed by atoms with Crippen LogP contribution in [0.3, 0.4) is 0 Å². The van der Waals surface area contributed by atoms with Gasteiger partial charge in [0.2, 0.25) is 5.13 Å². The molecule has 0 saturated carbocycles. The van der Waals surface area contributed by atoms with E-state index in [4.69, 9.17) is 11.6 Å². The van der Waals surface area contributed by atoms with Crippen LogP contribution in [-0.2, 0) is 0 Å². The summed E-state index contributed by atoms with van der Waals surface area (Å²) >= 11 is 7.44. The number of thiazole rings is 1. The molecule has 0 radical (unpaired) electrons. The van der Waals surface area contributed by atoms with Gasteiger partial charge < -0.3 is 5.32 Å². The molecule has 2 aromatic heterocycles. The number of halogens is 2. The fourth-order valence-corrected chi connectivity index (χ4v) is 3.73. The molecule has 0 aliphatic rings. The van der Waals surface area contributed by atoms with Crippen LogP contribution in [-0.4, -0.2) is 20.7 Å². The molecule has 0 unspecified atom stereocenters. The fraction of sp³-hybridized carbons (Fsp3) is 0.0556. The molecule has 5 nitrogen and oxygen atoms in total. The zero-order chi connectivity index (χ0) is 18.3. The Morgan fingerprint density at radius 2 is 2.04 bits per heavy atom. The largest absolute Gasteiger partial charge is 0.306 e. The lowest BCUT2D eigenvalue weighted by molar-refractivity contribution is 0.102. The fourth-order valence-electron chi connectivity index (χ4n) is 2.54. The average Bonchev–Trinajstić information content (AvgIpc) is 3.17. The van der Waals surface area contributed by atoms with Gasteiger partial charge in [0.05, 0.1) is 26.5 Å². The summed E-state index contributed by atoms with van der Waals surface area (Å²) in [6.45, 7) is 1.82. The summed E-state index contributed by atoms with van der Waals surface area (Å²) < 4.78 is 15.8. The molecule has 4 aromatic rings. The minimum atomic E-state index is -0.498. The van der Waals surface area contributed by atoms with Gasteiger partial charge >= 0.3 is 0 Å². The van der Waals surface area contributed by atoms with Gasteiger partial charge in [0.15, 0.2) is 0 Å². The number of carbonyl (C=O) groups is 1. The van der Waals surface area contributed by atoms with Crippen molar-refractivity contribution < 1.29 is 9.18 Å². The van der Waals surface area contributed by atoms with E-state index in [1.54, 1.807) is 10.7 Å². The first-order chi connectivity index (χ1) is 12.5. The highest BCUT2D eigenvalue weighted by atomic mass is 35.5. The third-order valence-corrected chi connectivity index (χ3v) is 5.04. The van der Waals surface area contributed by atoms with E-state index < -0.39 is 11.7 Å². The molecule has 2 heterocycles. The van der Waals surface area contributed by atoms with E-state index in [1.807, 2.05) is 31.2 Å². The number of para-hydroxylation sites is 1. The third-order valence-electron chi connectivity index (χ3n) is 3.71. The molecule has 4 rings (SSSR count). The van der Waals surface area contributed by atoms with Crippen LogP contribution in [0.15, 0.2) is 48.5 Å². The van der Waals surface area contributed by atoms with Crippen LogP contribution in [0.2, 0.25) is 5.02 Å². The topological polar surface area (TPSA) is 59.8 Å². The molecule has 0 spiro atoms. The number of carbonyl (C=O) groups excluding carboxylic acids is 1. The number of rotatable bonds is 3. The van der Waals surface area contributed by atoms with E-state index >= 15 is 0 Å². The van der Waals surface area contributed by atoms with Gasteiger partial charge in [-0.25, -0.2) is 9.37 Å². The van der Waals surface area contributed by atoms with Gasteiger partial charge in [0.1, 0.15) is 11.6 Å². The normalized spacial score (nSPS) is 11.0. The molecule has 0 atom stereocenters. The molecule has 1 N–H and O–H groups in total. The van der Waals surface area contributed by atoms with Crippen molar-refractivity contribution in [2.24, 2.45) is 0 Å². The van der Waals surface area contributed by atoms with Crippen LogP contribution >= 0.6 is 22.9 Å². The lowest BCUT2D eigenvalue weighted by atomic mass is 10.2. The maximum absolute atomic E-state index is 13.2. The second-order valence-corrected chi connectivity index (χ2v) is 7.04. The smallest absolute Gasteiger partial charge is 0.258 e. The summed E-state index contributed by atoms with van der Waals surface area (Å²) in [5.74, 6) is -0.480. The molecule has 0 bridgehead atoms. The van der Waals surface area contributed by atoms with Gasteiger partial charge in [-0.1, -0.05) is 35.1 Å². The Hall–Kier alpha value is -2.77. The minimum absolute atomic E-state index is 0.0466. The molecule has 1 amide bonds. The number of hydrogen-bond acceptors (Lipinski definition) is 4. The summed E-state index contributed by atoms with van der Waals surface area (Å²) in [4.78, 5) is 17.1. The molecule has 130 valence electrons. The summed E-state index contributed by atoms with van der Waals surface area (Å²) in [7, 11) is 0. The number of nitrogens with one attached hydrogen (secondary N) is 1. The zero-order valence-corrected chi connectivity index (χ0v) is 15.1. The standard InChI is InChI=1S/C18H12ClFN4OS/c1-10-8-16(22-17(25)12-7-6-11(20)9-13(12)19)24(23-10)18-21-14-4-2-3-5-15(14)26-18/h2-9H,1H3,(H,22,25). The first kappa shape index (κ1) is 16.7. The summed E-state index contributed by atoms with van der Waals surface area (Å²) in [5.41, 5.74) is 1.77. The quantitative estimate of drug-likeness (QED) is 0.548. The van der Waals surface area contributed by atoms with E-state index in [0.717, 1.165) is 22.0 Å². The monoisotopic (exact) mass is 386 g/mol. The van der Waals surface area contributed by atoms with Crippen molar-refractivity contribution in [2.45, 2.75) is 6.92 Å². The highest BCUT2D eigenvalue weighted by molar-refractivity contribution is 7.20. The second-order valence-electron chi connectivity index (χ2n) is 5.63. The van der Waals surface area contributed by atoms with Crippen molar-refractivity contribution in [2.75, 3.05) is 5.32 Å². The van der Waals surface area contributed by atoms with Crippen LogP contribution in [0.25, 0.3) is 15.3 Å². The minimum Gasteiger partial charge on any atom is -0.306 e. The third kappa shape index (κ3) is 3.07. The maximum Gasteiger partial charge on any atom is 0.258 e. The Morgan fingerprint density at radius 1 is 1.23 bits per heavy atom. The number of fused-ring (bicyclic) bond motifs is 1. The Morgan fingerprint density at radius 3 is 2.81 bits per heavy atom.